The van der Waals surface area contributed by atoms with E-state index in [4.69, 9.17) is 9.15 Å². The smallest absolute Gasteiger partial charge is 0.213 e. The molecule has 0 aliphatic carbocycles. The topological polar surface area (TPSA) is 71.7 Å². The molecule has 2 N–H and O–H groups in total. The summed E-state index contributed by atoms with van der Waals surface area (Å²) in [5.74, 6) is 2.18. The van der Waals surface area contributed by atoms with Crippen molar-refractivity contribution in [2.45, 2.75) is 38.8 Å². The van der Waals surface area contributed by atoms with Crippen molar-refractivity contribution in [3.05, 3.63) is 53.7 Å². The summed E-state index contributed by atoms with van der Waals surface area (Å²) in [6.45, 7) is 7.37. The molecule has 0 radical (unpaired) electrons. The second-order valence-electron chi connectivity index (χ2n) is 6.81. The van der Waals surface area contributed by atoms with Crippen LogP contribution in [0.3, 0.4) is 0 Å². The highest BCUT2D eigenvalue weighted by molar-refractivity contribution is 14.0. The molecule has 26 heavy (non-hydrogen) atoms. The van der Waals surface area contributed by atoms with Crippen molar-refractivity contribution in [2.24, 2.45) is 4.99 Å². The fourth-order valence-electron chi connectivity index (χ4n) is 2.31. The average Bonchev–Trinajstić information content (AvgIpc) is 3.08. The van der Waals surface area contributed by atoms with Crippen LogP contribution in [0.4, 0.5) is 0 Å². The minimum atomic E-state index is -0.0491. The third kappa shape index (κ3) is 6.60. The van der Waals surface area contributed by atoms with E-state index in [1.165, 1.54) is 0 Å². The molecule has 1 aromatic carbocycles. The van der Waals surface area contributed by atoms with Crippen LogP contribution in [0.1, 0.15) is 44.1 Å². The van der Waals surface area contributed by atoms with E-state index in [0.29, 0.717) is 24.9 Å². The quantitative estimate of drug-likeness (QED) is 0.382. The van der Waals surface area contributed by atoms with E-state index < -0.39 is 0 Å². The average molecular weight is 472 g/mol. The summed E-state index contributed by atoms with van der Waals surface area (Å²) in [4.78, 5) is 8.54. The summed E-state index contributed by atoms with van der Waals surface area (Å²) in [7, 11) is 3.44. The Kier molecular flexibility index (Phi) is 9.07. The molecule has 0 saturated heterocycles. The number of ether oxygens (including phenoxy) is 1. The first kappa shape index (κ1) is 22.4. The maximum Gasteiger partial charge on any atom is 0.213 e. The van der Waals surface area contributed by atoms with Gasteiger partial charge < -0.3 is 19.8 Å². The number of hydrogen-bond acceptors (Lipinski definition) is 4. The fraction of sp³-hybridized carbons (Fsp3) is 0.474. The highest BCUT2D eigenvalue weighted by Gasteiger charge is 2.19. The van der Waals surface area contributed by atoms with Gasteiger partial charge in [-0.1, -0.05) is 51.1 Å². The van der Waals surface area contributed by atoms with E-state index in [1.54, 1.807) is 20.4 Å². The number of aliphatic imine (C=N–C) groups is 1. The third-order valence-corrected chi connectivity index (χ3v) is 3.83. The Morgan fingerprint density at radius 2 is 1.92 bits per heavy atom. The normalized spacial score (nSPS) is 13.0. The zero-order chi connectivity index (χ0) is 18.3. The van der Waals surface area contributed by atoms with Gasteiger partial charge in [-0.25, -0.2) is 4.98 Å². The Balaban J connectivity index is 0.00000338. The summed E-state index contributed by atoms with van der Waals surface area (Å²) in [6, 6.07) is 10.1. The number of methoxy groups -OCH3 is 1. The van der Waals surface area contributed by atoms with Crippen LogP contribution in [0.15, 0.2) is 45.9 Å². The highest BCUT2D eigenvalue weighted by Crippen LogP contribution is 2.22. The Hall–Kier alpha value is -1.61. The molecule has 1 atom stereocenters. The van der Waals surface area contributed by atoms with Gasteiger partial charge in [-0.3, -0.25) is 4.99 Å². The van der Waals surface area contributed by atoms with Crippen molar-refractivity contribution in [3.63, 3.8) is 0 Å². The molecule has 0 fully saturated rings. The van der Waals surface area contributed by atoms with Gasteiger partial charge >= 0.3 is 0 Å². The van der Waals surface area contributed by atoms with Gasteiger partial charge in [0.1, 0.15) is 5.76 Å². The van der Waals surface area contributed by atoms with Crippen molar-refractivity contribution in [2.75, 3.05) is 20.7 Å². The van der Waals surface area contributed by atoms with E-state index in [2.05, 4.69) is 41.4 Å². The van der Waals surface area contributed by atoms with Crippen LogP contribution in [0.5, 0.6) is 0 Å². The molecule has 1 heterocycles. The number of guanidine groups is 1. The van der Waals surface area contributed by atoms with Gasteiger partial charge in [-0.2, -0.15) is 0 Å². The highest BCUT2D eigenvalue weighted by atomic mass is 127. The molecule has 144 valence electrons. The van der Waals surface area contributed by atoms with Gasteiger partial charge in [0.25, 0.3) is 0 Å². The molecule has 0 spiro atoms. The number of nitrogens with one attached hydrogen (secondary N) is 2. The first-order valence-corrected chi connectivity index (χ1v) is 8.41. The van der Waals surface area contributed by atoms with Gasteiger partial charge in [-0.15, -0.1) is 24.0 Å². The van der Waals surface area contributed by atoms with Crippen molar-refractivity contribution in [1.29, 1.82) is 0 Å². The standard InChI is InChI=1S/C19H28N4O2.HI/c1-19(2,3)16-12-21-17(25-16)13-23-18(20-4)22-11-15(24-5)14-9-7-6-8-10-14;/h6-10,12,15H,11,13H2,1-5H3,(H2,20,22,23);1H. The van der Waals surface area contributed by atoms with Gasteiger partial charge in [-0.05, 0) is 5.56 Å². The molecular formula is C19H29IN4O2. The molecule has 0 bridgehead atoms. The van der Waals surface area contributed by atoms with Crippen molar-refractivity contribution < 1.29 is 9.15 Å². The van der Waals surface area contributed by atoms with Crippen LogP contribution < -0.4 is 10.6 Å². The molecule has 1 aromatic heterocycles. The van der Waals surface area contributed by atoms with Crippen LogP contribution in [0, 0.1) is 0 Å². The second kappa shape index (κ2) is 10.5. The number of aromatic nitrogens is 1. The maximum atomic E-state index is 5.78. The van der Waals surface area contributed by atoms with Crippen molar-refractivity contribution in [3.8, 4) is 0 Å². The number of benzene rings is 1. The summed E-state index contributed by atoms with van der Waals surface area (Å²) in [6.07, 6.45) is 1.73. The first-order chi connectivity index (χ1) is 11.9. The van der Waals surface area contributed by atoms with Crippen LogP contribution in [0.2, 0.25) is 0 Å². The maximum absolute atomic E-state index is 5.78. The zero-order valence-electron chi connectivity index (χ0n) is 16.1. The number of oxazole rings is 1. The lowest BCUT2D eigenvalue weighted by Gasteiger charge is -2.18. The molecule has 7 heteroatoms. The van der Waals surface area contributed by atoms with Crippen LogP contribution in [-0.2, 0) is 16.7 Å². The summed E-state index contributed by atoms with van der Waals surface area (Å²) >= 11 is 0. The first-order valence-electron chi connectivity index (χ1n) is 8.41. The number of nitrogens with zero attached hydrogens (tertiary/aromatic N) is 2. The second-order valence-corrected chi connectivity index (χ2v) is 6.81. The Morgan fingerprint density at radius 3 is 2.46 bits per heavy atom. The van der Waals surface area contributed by atoms with Gasteiger partial charge in [0.05, 0.1) is 18.8 Å². The lowest BCUT2D eigenvalue weighted by molar-refractivity contribution is 0.106. The molecule has 0 aliphatic heterocycles. The Morgan fingerprint density at radius 1 is 1.23 bits per heavy atom. The molecule has 0 saturated carbocycles. The zero-order valence-corrected chi connectivity index (χ0v) is 18.4. The third-order valence-electron chi connectivity index (χ3n) is 3.83. The Labute approximate surface area is 172 Å². The Bertz CT molecular complexity index is 680. The van der Waals surface area contributed by atoms with E-state index in [-0.39, 0.29) is 35.5 Å². The lowest BCUT2D eigenvalue weighted by atomic mass is 9.94. The SMILES string of the molecule is CN=C(NCc1ncc(C(C)(C)C)o1)NCC(OC)c1ccccc1.I. The number of hydrogen-bond donors (Lipinski definition) is 2. The van der Waals surface area contributed by atoms with Crippen molar-refractivity contribution in [1.82, 2.24) is 15.6 Å². The summed E-state index contributed by atoms with van der Waals surface area (Å²) in [5, 5.41) is 6.48. The molecular weight excluding hydrogens is 443 g/mol. The van der Waals surface area contributed by atoms with Gasteiger partial charge in [0.2, 0.25) is 5.89 Å². The molecule has 2 aromatic rings. The lowest BCUT2D eigenvalue weighted by Crippen LogP contribution is -2.39. The molecule has 0 amide bonds. The largest absolute Gasteiger partial charge is 0.443 e. The molecule has 2 rings (SSSR count). The van der Waals surface area contributed by atoms with Crippen molar-refractivity contribution >= 4 is 29.9 Å². The van der Waals surface area contributed by atoms with Crippen LogP contribution in [-0.4, -0.2) is 31.6 Å². The van der Waals surface area contributed by atoms with E-state index in [0.717, 1.165) is 11.3 Å². The van der Waals surface area contributed by atoms with E-state index in [1.807, 2.05) is 30.3 Å². The minimum Gasteiger partial charge on any atom is -0.443 e. The fourth-order valence-corrected chi connectivity index (χ4v) is 2.31. The van der Waals surface area contributed by atoms with Crippen LogP contribution in [0.25, 0.3) is 0 Å². The predicted octanol–water partition coefficient (Wildman–Crippen LogP) is 3.64. The number of rotatable bonds is 6. The molecule has 6 nitrogen and oxygen atoms in total. The van der Waals surface area contributed by atoms with E-state index >= 15 is 0 Å². The molecule has 0 aliphatic rings. The minimum absolute atomic E-state index is 0. The predicted molar refractivity (Wildman–Crippen MR) is 115 cm³/mol. The monoisotopic (exact) mass is 472 g/mol. The number of halogens is 1. The van der Waals surface area contributed by atoms with E-state index in [9.17, 15) is 0 Å². The van der Waals surface area contributed by atoms with Crippen LogP contribution >= 0.6 is 24.0 Å². The van der Waals surface area contributed by atoms with Gasteiger partial charge in [0, 0.05) is 26.1 Å². The summed E-state index contributed by atoms with van der Waals surface area (Å²) < 4.78 is 11.3. The van der Waals surface area contributed by atoms with Gasteiger partial charge in [0.15, 0.2) is 5.96 Å². The molecule has 1 unspecified atom stereocenters. The summed E-state index contributed by atoms with van der Waals surface area (Å²) in [5.41, 5.74) is 1.07.